The number of nitrogens with one attached hydrogen (secondary N) is 1. The Kier molecular flexibility index (Phi) is 4.46. The van der Waals surface area contributed by atoms with Crippen LogP contribution in [0.15, 0.2) is 42.6 Å². The van der Waals surface area contributed by atoms with Crippen LogP contribution in [0.2, 0.25) is 0 Å². The zero-order chi connectivity index (χ0) is 17.1. The highest BCUT2D eigenvalue weighted by atomic mass is 16.2. The van der Waals surface area contributed by atoms with E-state index in [0.717, 1.165) is 24.9 Å². The molecule has 1 saturated heterocycles. The third-order valence-corrected chi connectivity index (χ3v) is 4.21. The highest BCUT2D eigenvalue weighted by Gasteiger charge is 2.30. The van der Waals surface area contributed by atoms with Crippen molar-refractivity contribution in [3.05, 3.63) is 59.4 Å². The molecule has 2 heterocycles. The van der Waals surface area contributed by atoms with Gasteiger partial charge in [0.15, 0.2) is 0 Å². The lowest BCUT2D eigenvalue weighted by Gasteiger charge is -2.25. The number of nitrogens with zero attached hydrogens (tertiary/aromatic N) is 2. The molecule has 6 heteroatoms. The number of aryl methyl sites for hydroxylation is 1. The second-order valence-corrected chi connectivity index (χ2v) is 5.99. The first-order chi connectivity index (χ1) is 11.5. The van der Waals surface area contributed by atoms with Gasteiger partial charge in [0, 0.05) is 6.54 Å². The van der Waals surface area contributed by atoms with E-state index in [1.807, 2.05) is 11.0 Å². The third-order valence-electron chi connectivity index (χ3n) is 4.21. The minimum absolute atomic E-state index is 0.0859. The quantitative estimate of drug-likeness (QED) is 0.910. The van der Waals surface area contributed by atoms with Gasteiger partial charge in [-0.2, -0.15) is 0 Å². The van der Waals surface area contributed by atoms with Crippen molar-refractivity contribution in [1.29, 1.82) is 0 Å². The fraction of sp³-hybridized carbons (Fsp3) is 0.278. The molecule has 3 N–H and O–H groups in total. The van der Waals surface area contributed by atoms with E-state index in [0.29, 0.717) is 5.69 Å². The molecule has 1 aliphatic heterocycles. The lowest BCUT2D eigenvalue weighted by Crippen LogP contribution is -2.34. The summed E-state index contributed by atoms with van der Waals surface area (Å²) in [7, 11) is 0. The van der Waals surface area contributed by atoms with E-state index >= 15 is 0 Å². The standard InChI is InChI=1S/C18H20N4O2/c1-12-4-2-5-13(10-12)16-6-3-9-22(16)18(24)21-14-7-8-15(17(19)23)20-11-14/h2,4-5,7-8,10-11,16H,3,6,9H2,1H3,(H2,19,23)(H,21,24)/t16-/m0/s1. The SMILES string of the molecule is Cc1cccc([C@@H]2CCCN2C(=O)Nc2ccc(C(N)=O)nc2)c1. The number of likely N-dealkylation sites (tertiary alicyclic amines) is 1. The lowest BCUT2D eigenvalue weighted by molar-refractivity contribution is 0.0995. The second-order valence-electron chi connectivity index (χ2n) is 5.99. The molecule has 124 valence electrons. The van der Waals surface area contributed by atoms with Gasteiger partial charge in [-0.3, -0.25) is 4.79 Å². The van der Waals surface area contributed by atoms with Gasteiger partial charge in [0.25, 0.3) is 5.91 Å². The fourth-order valence-electron chi connectivity index (χ4n) is 3.04. The summed E-state index contributed by atoms with van der Waals surface area (Å²) in [6.07, 6.45) is 3.37. The number of benzene rings is 1. The number of amides is 3. The van der Waals surface area contributed by atoms with E-state index in [-0.39, 0.29) is 17.8 Å². The second kappa shape index (κ2) is 6.70. The number of anilines is 1. The van der Waals surface area contributed by atoms with Crippen LogP contribution < -0.4 is 11.1 Å². The molecular formula is C18H20N4O2. The number of nitrogens with two attached hydrogens (primary N) is 1. The summed E-state index contributed by atoms with van der Waals surface area (Å²) in [6, 6.07) is 11.3. The molecule has 3 rings (SSSR count). The summed E-state index contributed by atoms with van der Waals surface area (Å²) in [4.78, 5) is 29.4. The van der Waals surface area contributed by atoms with Gasteiger partial charge in [0.05, 0.1) is 17.9 Å². The fourth-order valence-corrected chi connectivity index (χ4v) is 3.04. The Morgan fingerprint density at radius 1 is 1.29 bits per heavy atom. The molecule has 6 nitrogen and oxygen atoms in total. The van der Waals surface area contributed by atoms with Crippen LogP contribution in [-0.2, 0) is 0 Å². The van der Waals surface area contributed by atoms with Crippen LogP contribution in [0.1, 0.15) is 40.5 Å². The first kappa shape index (κ1) is 16.0. The molecule has 0 radical (unpaired) electrons. The van der Waals surface area contributed by atoms with E-state index in [1.165, 1.54) is 17.8 Å². The van der Waals surface area contributed by atoms with Crippen molar-refractivity contribution in [2.75, 3.05) is 11.9 Å². The van der Waals surface area contributed by atoms with Crippen LogP contribution in [0.5, 0.6) is 0 Å². The molecule has 0 saturated carbocycles. The van der Waals surface area contributed by atoms with Gasteiger partial charge in [0.1, 0.15) is 5.69 Å². The van der Waals surface area contributed by atoms with Crippen LogP contribution in [0.3, 0.4) is 0 Å². The zero-order valence-corrected chi connectivity index (χ0v) is 13.5. The predicted molar refractivity (Wildman–Crippen MR) is 91.6 cm³/mol. The smallest absolute Gasteiger partial charge is 0.322 e. The summed E-state index contributed by atoms with van der Waals surface area (Å²) in [6.45, 7) is 2.77. The molecule has 1 atom stereocenters. The number of pyridine rings is 1. The number of carbonyl (C=O) groups is 2. The average molecular weight is 324 g/mol. The number of primary amides is 1. The highest BCUT2D eigenvalue weighted by molar-refractivity contribution is 5.92. The maximum Gasteiger partial charge on any atom is 0.322 e. The molecule has 0 unspecified atom stereocenters. The first-order valence-corrected chi connectivity index (χ1v) is 7.94. The van der Waals surface area contributed by atoms with Gasteiger partial charge < -0.3 is 16.0 Å². The Morgan fingerprint density at radius 2 is 2.12 bits per heavy atom. The van der Waals surface area contributed by atoms with Crippen molar-refractivity contribution >= 4 is 17.6 Å². The van der Waals surface area contributed by atoms with Gasteiger partial charge in [-0.1, -0.05) is 29.8 Å². The number of hydrogen-bond acceptors (Lipinski definition) is 3. The van der Waals surface area contributed by atoms with Gasteiger partial charge in [-0.05, 0) is 37.5 Å². The Labute approximate surface area is 140 Å². The first-order valence-electron chi connectivity index (χ1n) is 7.94. The Morgan fingerprint density at radius 3 is 2.79 bits per heavy atom. The molecule has 1 aliphatic rings. The van der Waals surface area contributed by atoms with Crippen LogP contribution in [0.25, 0.3) is 0 Å². The summed E-state index contributed by atoms with van der Waals surface area (Å²) < 4.78 is 0. The van der Waals surface area contributed by atoms with Gasteiger partial charge >= 0.3 is 6.03 Å². The maximum absolute atomic E-state index is 12.6. The monoisotopic (exact) mass is 324 g/mol. The van der Waals surface area contributed by atoms with Crippen molar-refractivity contribution in [3.63, 3.8) is 0 Å². The minimum Gasteiger partial charge on any atom is -0.364 e. The van der Waals surface area contributed by atoms with E-state index in [1.54, 1.807) is 6.07 Å². The average Bonchev–Trinajstić information content (AvgIpc) is 3.05. The van der Waals surface area contributed by atoms with Crippen LogP contribution in [0, 0.1) is 6.92 Å². The summed E-state index contributed by atoms with van der Waals surface area (Å²) in [5.74, 6) is -0.591. The van der Waals surface area contributed by atoms with Crippen LogP contribution in [0.4, 0.5) is 10.5 Å². The van der Waals surface area contributed by atoms with Crippen molar-refractivity contribution < 1.29 is 9.59 Å². The Bertz CT molecular complexity index is 758. The number of hydrogen-bond donors (Lipinski definition) is 2. The minimum atomic E-state index is -0.591. The number of carbonyl (C=O) groups excluding carboxylic acids is 2. The third kappa shape index (κ3) is 3.37. The van der Waals surface area contributed by atoms with Gasteiger partial charge in [-0.25, -0.2) is 9.78 Å². The molecule has 0 aliphatic carbocycles. The molecule has 3 amide bonds. The molecule has 24 heavy (non-hydrogen) atoms. The van der Waals surface area contributed by atoms with Gasteiger partial charge in [0.2, 0.25) is 0 Å². The predicted octanol–water partition coefficient (Wildman–Crippen LogP) is 2.86. The van der Waals surface area contributed by atoms with Crippen molar-refractivity contribution in [2.24, 2.45) is 5.73 Å². The van der Waals surface area contributed by atoms with E-state index < -0.39 is 5.91 Å². The number of aromatic nitrogens is 1. The molecule has 0 bridgehead atoms. The van der Waals surface area contributed by atoms with Crippen molar-refractivity contribution in [3.8, 4) is 0 Å². The molecule has 0 spiro atoms. The lowest BCUT2D eigenvalue weighted by atomic mass is 10.0. The number of rotatable bonds is 3. The summed E-state index contributed by atoms with van der Waals surface area (Å²) in [5.41, 5.74) is 8.22. The summed E-state index contributed by atoms with van der Waals surface area (Å²) in [5, 5.41) is 2.84. The van der Waals surface area contributed by atoms with Crippen molar-refractivity contribution in [2.45, 2.75) is 25.8 Å². The number of urea groups is 1. The molecule has 1 aromatic heterocycles. The summed E-state index contributed by atoms with van der Waals surface area (Å²) >= 11 is 0. The Hall–Kier alpha value is -2.89. The zero-order valence-electron chi connectivity index (χ0n) is 13.5. The topological polar surface area (TPSA) is 88.3 Å². The Balaban J connectivity index is 1.72. The van der Waals surface area contributed by atoms with Gasteiger partial charge in [-0.15, -0.1) is 0 Å². The van der Waals surface area contributed by atoms with Crippen LogP contribution >= 0.6 is 0 Å². The van der Waals surface area contributed by atoms with Crippen molar-refractivity contribution in [1.82, 2.24) is 9.88 Å². The highest BCUT2D eigenvalue weighted by Crippen LogP contribution is 2.32. The molecule has 1 aromatic carbocycles. The van der Waals surface area contributed by atoms with E-state index in [2.05, 4.69) is 35.4 Å². The molecule has 1 fully saturated rings. The van der Waals surface area contributed by atoms with E-state index in [9.17, 15) is 9.59 Å². The normalized spacial score (nSPS) is 16.9. The van der Waals surface area contributed by atoms with Crippen LogP contribution in [-0.4, -0.2) is 28.4 Å². The maximum atomic E-state index is 12.6. The molecule has 2 aromatic rings. The van der Waals surface area contributed by atoms with E-state index in [4.69, 9.17) is 5.73 Å². The largest absolute Gasteiger partial charge is 0.364 e. The molecular weight excluding hydrogens is 304 g/mol.